The highest BCUT2D eigenvalue weighted by Crippen LogP contribution is 2.37. The fourth-order valence-corrected chi connectivity index (χ4v) is 2.84. The van der Waals surface area contributed by atoms with Gasteiger partial charge >= 0.3 is 0 Å². The third kappa shape index (κ3) is 1.52. The minimum absolute atomic E-state index is 0.000139. The molecular formula is C14H14N2O. The second kappa shape index (κ2) is 3.89. The molecule has 0 saturated carbocycles. The second-order valence-corrected chi connectivity index (χ2v) is 4.77. The van der Waals surface area contributed by atoms with E-state index in [1.54, 1.807) is 4.90 Å². The van der Waals surface area contributed by atoms with Crippen molar-refractivity contribution in [3.05, 3.63) is 35.4 Å². The summed E-state index contributed by atoms with van der Waals surface area (Å²) in [5, 5.41) is 9.01. The number of nitrogens with zero attached hydrogens (tertiary/aromatic N) is 2. The van der Waals surface area contributed by atoms with Crippen LogP contribution in [0.3, 0.4) is 0 Å². The smallest absolute Gasteiger partial charge is 0.231 e. The number of hydrogen-bond donors (Lipinski definition) is 0. The zero-order valence-corrected chi connectivity index (χ0v) is 9.60. The Morgan fingerprint density at radius 2 is 2.24 bits per heavy atom. The summed E-state index contributed by atoms with van der Waals surface area (Å²) in [4.78, 5) is 14.1. The van der Waals surface area contributed by atoms with Crippen molar-refractivity contribution >= 4 is 5.91 Å². The van der Waals surface area contributed by atoms with Crippen LogP contribution in [-0.4, -0.2) is 23.4 Å². The van der Waals surface area contributed by atoms with Gasteiger partial charge in [0.05, 0.1) is 12.0 Å². The van der Waals surface area contributed by atoms with Crippen LogP contribution in [0.25, 0.3) is 0 Å². The summed E-state index contributed by atoms with van der Waals surface area (Å²) < 4.78 is 0. The highest BCUT2D eigenvalue weighted by atomic mass is 16.2. The van der Waals surface area contributed by atoms with Gasteiger partial charge in [0.1, 0.15) is 6.04 Å². The Bertz CT molecular complexity index is 503. The van der Waals surface area contributed by atoms with Gasteiger partial charge in [0.25, 0.3) is 0 Å². The fraction of sp³-hybridized carbons (Fsp3) is 0.429. The monoisotopic (exact) mass is 226 g/mol. The quantitative estimate of drug-likeness (QED) is 0.733. The molecule has 0 N–H and O–H groups in total. The maximum absolute atomic E-state index is 12.3. The third-order valence-corrected chi connectivity index (χ3v) is 3.84. The molecule has 1 aromatic rings. The predicted octanol–water partition coefficient (Wildman–Crippen LogP) is 1.84. The maximum atomic E-state index is 12.3. The Hall–Kier alpha value is -1.82. The van der Waals surface area contributed by atoms with Gasteiger partial charge in [-0.25, -0.2) is 0 Å². The highest BCUT2D eigenvalue weighted by Gasteiger charge is 2.38. The van der Waals surface area contributed by atoms with Crippen LogP contribution in [0, 0.1) is 11.3 Å². The van der Waals surface area contributed by atoms with Gasteiger partial charge in [-0.05, 0) is 30.4 Å². The summed E-state index contributed by atoms with van der Waals surface area (Å²) in [6.07, 6.45) is 2.62. The van der Waals surface area contributed by atoms with Crippen molar-refractivity contribution in [2.45, 2.75) is 31.2 Å². The molecule has 3 rings (SSSR count). The Morgan fingerprint density at radius 1 is 1.41 bits per heavy atom. The van der Waals surface area contributed by atoms with Crippen LogP contribution in [-0.2, 0) is 11.2 Å². The molecule has 0 bridgehead atoms. The molecule has 1 aromatic carbocycles. The summed E-state index contributed by atoms with van der Waals surface area (Å²) in [5.41, 5.74) is 2.43. The molecule has 1 heterocycles. The zero-order chi connectivity index (χ0) is 11.8. The number of amides is 1. The van der Waals surface area contributed by atoms with Crippen molar-refractivity contribution in [2.24, 2.45) is 0 Å². The van der Waals surface area contributed by atoms with Gasteiger partial charge in [0.2, 0.25) is 5.91 Å². The SMILES string of the molecule is N#CC1CCCN1C(=O)C1Cc2ccccc21. The highest BCUT2D eigenvalue weighted by molar-refractivity contribution is 5.87. The maximum Gasteiger partial charge on any atom is 0.231 e. The van der Waals surface area contributed by atoms with E-state index in [9.17, 15) is 4.79 Å². The molecule has 1 fully saturated rings. The van der Waals surface area contributed by atoms with E-state index in [4.69, 9.17) is 5.26 Å². The van der Waals surface area contributed by atoms with Crippen molar-refractivity contribution < 1.29 is 4.79 Å². The number of rotatable bonds is 1. The Balaban J connectivity index is 1.80. The number of hydrogen-bond acceptors (Lipinski definition) is 2. The van der Waals surface area contributed by atoms with Gasteiger partial charge in [-0.15, -0.1) is 0 Å². The first kappa shape index (κ1) is 10.3. The van der Waals surface area contributed by atoms with Crippen molar-refractivity contribution in [1.29, 1.82) is 5.26 Å². The van der Waals surface area contributed by atoms with Gasteiger partial charge in [-0.1, -0.05) is 24.3 Å². The lowest BCUT2D eigenvalue weighted by molar-refractivity contribution is -0.133. The number of nitriles is 1. The summed E-state index contributed by atoms with van der Waals surface area (Å²) >= 11 is 0. The molecule has 1 aliphatic carbocycles. The van der Waals surface area contributed by atoms with Gasteiger partial charge in [0.15, 0.2) is 0 Å². The molecule has 17 heavy (non-hydrogen) atoms. The largest absolute Gasteiger partial charge is 0.326 e. The third-order valence-electron chi connectivity index (χ3n) is 3.84. The summed E-state index contributed by atoms with van der Waals surface area (Å²) in [6.45, 7) is 0.746. The van der Waals surface area contributed by atoms with Crippen molar-refractivity contribution in [2.75, 3.05) is 6.54 Å². The number of benzene rings is 1. The average molecular weight is 226 g/mol. The van der Waals surface area contributed by atoms with Crippen molar-refractivity contribution in [3.63, 3.8) is 0 Å². The van der Waals surface area contributed by atoms with Crippen molar-refractivity contribution in [3.8, 4) is 6.07 Å². The number of carbonyl (C=O) groups excluding carboxylic acids is 1. The lowest BCUT2D eigenvalue weighted by Crippen LogP contribution is -2.41. The topological polar surface area (TPSA) is 44.1 Å². The Labute approximate surface area is 101 Å². The van der Waals surface area contributed by atoms with E-state index in [1.165, 1.54) is 5.56 Å². The van der Waals surface area contributed by atoms with E-state index in [2.05, 4.69) is 12.1 Å². The van der Waals surface area contributed by atoms with E-state index >= 15 is 0 Å². The molecule has 0 spiro atoms. The van der Waals surface area contributed by atoms with E-state index in [-0.39, 0.29) is 17.9 Å². The van der Waals surface area contributed by atoms with Crippen LogP contribution in [0.5, 0.6) is 0 Å². The van der Waals surface area contributed by atoms with Gasteiger partial charge in [0, 0.05) is 6.54 Å². The first-order valence-electron chi connectivity index (χ1n) is 6.09. The summed E-state index contributed by atoms with van der Waals surface area (Å²) in [7, 11) is 0. The van der Waals surface area contributed by atoms with Crippen LogP contribution in [0.15, 0.2) is 24.3 Å². The fourth-order valence-electron chi connectivity index (χ4n) is 2.84. The normalized spacial score (nSPS) is 25.9. The standard InChI is InChI=1S/C14H14N2O/c15-9-11-5-3-7-16(11)14(17)13-8-10-4-1-2-6-12(10)13/h1-2,4,6,11,13H,3,5,7-8H2. The molecule has 2 unspecified atom stereocenters. The summed E-state index contributed by atoms with van der Waals surface area (Å²) in [5.74, 6) is 0.146. The van der Waals surface area contributed by atoms with Crippen LogP contribution in [0.1, 0.15) is 29.9 Å². The predicted molar refractivity (Wildman–Crippen MR) is 63.2 cm³/mol. The lowest BCUT2D eigenvalue weighted by Gasteiger charge is -2.33. The minimum atomic E-state index is -0.199. The molecule has 2 atom stereocenters. The number of carbonyl (C=O) groups is 1. The van der Waals surface area contributed by atoms with Crippen LogP contribution < -0.4 is 0 Å². The molecule has 1 aliphatic heterocycles. The summed E-state index contributed by atoms with van der Waals surface area (Å²) in [6, 6.07) is 10.1. The van der Waals surface area contributed by atoms with E-state index in [0.29, 0.717) is 0 Å². The lowest BCUT2D eigenvalue weighted by atomic mass is 9.77. The molecule has 2 aliphatic rings. The molecule has 0 aromatic heterocycles. The van der Waals surface area contributed by atoms with Gasteiger partial charge < -0.3 is 4.90 Å². The Kier molecular flexibility index (Phi) is 2.36. The van der Waals surface area contributed by atoms with Crippen LogP contribution in [0.4, 0.5) is 0 Å². The molecule has 3 nitrogen and oxygen atoms in total. The second-order valence-electron chi connectivity index (χ2n) is 4.77. The average Bonchev–Trinajstić information content (AvgIpc) is 2.78. The van der Waals surface area contributed by atoms with E-state index in [1.807, 2.05) is 18.2 Å². The molecule has 1 amide bonds. The minimum Gasteiger partial charge on any atom is -0.326 e. The molecule has 1 saturated heterocycles. The molecule has 0 radical (unpaired) electrons. The zero-order valence-electron chi connectivity index (χ0n) is 9.60. The van der Waals surface area contributed by atoms with E-state index in [0.717, 1.165) is 31.4 Å². The first-order valence-corrected chi connectivity index (χ1v) is 6.09. The molecule has 3 heteroatoms. The molecular weight excluding hydrogens is 212 g/mol. The van der Waals surface area contributed by atoms with Gasteiger partial charge in [-0.2, -0.15) is 5.26 Å². The van der Waals surface area contributed by atoms with Crippen LogP contribution >= 0.6 is 0 Å². The van der Waals surface area contributed by atoms with E-state index < -0.39 is 0 Å². The van der Waals surface area contributed by atoms with Crippen molar-refractivity contribution in [1.82, 2.24) is 4.90 Å². The number of fused-ring (bicyclic) bond motifs is 1. The van der Waals surface area contributed by atoms with Gasteiger partial charge in [-0.3, -0.25) is 4.79 Å². The molecule has 86 valence electrons. The first-order chi connectivity index (χ1) is 8.31. The Morgan fingerprint density at radius 3 is 3.00 bits per heavy atom. The number of likely N-dealkylation sites (tertiary alicyclic amines) is 1. The van der Waals surface area contributed by atoms with Crippen LogP contribution in [0.2, 0.25) is 0 Å².